The fourth-order valence-corrected chi connectivity index (χ4v) is 1.38. The average Bonchev–Trinajstić information content (AvgIpc) is 2.09. The molecule has 1 aromatic carbocycles. The van der Waals surface area contributed by atoms with Crippen molar-refractivity contribution in [1.82, 2.24) is 0 Å². The lowest BCUT2D eigenvalue weighted by molar-refractivity contribution is 0.195. The SMILES string of the molecule is CC(O)c1cc(NC(N)=O)cc(Cl)c1O. The summed E-state index contributed by atoms with van der Waals surface area (Å²) in [6.45, 7) is 1.47. The number of phenolic OH excluding ortho intramolecular Hbond substituents is 1. The number of nitrogens with one attached hydrogen (secondary N) is 1. The number of hydrogen-bond donors (Lipinski definition) is 4. The summed E-state index contributed by atoms with van der Waals surface area (Å²) >= 11 is 5.69. The number of primary amides is 1. The Morgan fingerprint density at radius 2 is 2.20 bits per heavy atom. The maximum atomic E-state index is 10.6. The summed E-state index contributed by atoms with van der Waals surface area (Å²) in [6.07, 6.45) is -0.892. The van der Waals surface area contributed by atoms with Crippen LogP contribution in [0.3, 0.4) is 0 Å². The molecule has 0 aliphatic heterocycles. The molecule has 1 atom stereocenters. The summed E-state index contributed by atoms with van der Waals surface area (Å²) in [5.74, 6) is -0.207. The molecule has 0 spiro atoms. The lowest BCUT2D eigenvalue weighted by Crippen LogP contribution is -2.19. The van der Waals surface area contributed by atoms with E-state index in [2.05, 4.69) is 5.32 Å². The first-order valence-electron chi connectivity index (χ1n) is 4.18. The molecular formula is C9H11ClN2O3. The summed E-state index contributed by atoms with van der Waals surface area (Å²) in [6, 6.07) is 2.00. The van der Waals surface area contributed by atoms with E-state index < -0.39 is 12.1 Å². The van der Waals surface area contributed by atoms with Crippen LogP contribution in [0, 0.1) is 0 Å². The van der Waals surface area contributed by atoms with E-state index in [1.807, 2.05) is 0 Å². The van der Waals surface area contributed by atoms with Gasteiger partial charge in [-0.2, -0.15) is 0 Å². The molecule has 0 aromatic heterocycles. The highest BCUT2D eigenvalue weighted by Crippen LogP contribution is 2.34. The van der Waals surface area contributed by atoms with Crippen LogP contribution in [0.15, 0.2) is 12.1 Å². The fraction of sp³-hybridized carbons (Fsp3) is 0.222. The van der Waals surface area contributed by atoms with E-state index in [1.165, 1.54) is 19.1 Å². The molecule has 0 saturated heterocycles. The predicted octanol–water partition coefficient (Wildman–Crippen LogP) is 1.59. The van der Waals surface area contributed by atoms with Crippen molar-refractivity contribution in [3.05, 3.63) is 22.7 Å². The minimum absolute atomic E-state index is 0.0390. The summed E-state index contributed by atoms with van der Waals surface area (Å²) in [5, 5.41) is 21.2. The number of rotatable bonds is 2. The molecule has 0 heterocycles. The van der Waals surface area contributed by atoms with E-state index in [-0.39, 0.29) is 16.3 Å². The molecule has 0 radical (unpaired) electrons. The zero-order chi connectivity index (χ0) is 11.6. The molecular weight excluding hydrogens is 220 g/mol. The summed E-state index contributed by atoms with van der Waals surface area (Å²) < 4.78 is 0. The number of phenols is 1. The van der Waals surface area contributed by atoms with Crippen LogP contribution in [0.5, 0.6) is 5.75 Å². The van der Waals surface area contributed by atoms with Gasteiger partial charge in [0, 0.05) is 11.3 Å². The third kappa shape index (κ3) is 2.74. The number of benzene rings is 1. The molecule has 0 aliphatic rings. The van der Waals surface area contributed by atoms with Gasteiger partial charge in [-0.1, -0.05) is 11.6 Å². The van der Waals surface area contributed by atoms with Gasteiger partial charge in [0.05, 0.1) is 11.1 Å². The third-order valence-corrected chi connectivity index (χ3v) is 2.10. The van der Waals surface area contributed by atoms with Crippen LogP contribution in [-0.2, 0) is 0 Å². The number of carbonyl (C=O) groups excluding carboxylic acids is 1. The van der Waals surface area contributed by atoms with Gasteiger partial charge in [-0.25, -0.2) is 4.79 Å². The van der Waals surface area contributed by atoms with Crippen molar-refractivity contribution < 1.29 is 15.0 Å². The van der Waals surface area contributed by atoms with Crippen LogP contribution >= 0.6 is 11.6 Å². The minimum atomic E-state index is -0.892. The maximum absolute atomic E-state index is 10.6. The molecule has 0 bridgehead atoms. The first-order valence-corrected chi connectivity index (χ1v) is 4.56. The number of carbonyl (C=O) groups is 1. The van der Waals surface area contributed by atoms with Gasteiger partial charge in [-0.15, -0.1) is 0 Å². The van der Waals surface area contributed by atoms with E-state index in [9.17, 15) is 15.0 Å². The molecule has 2 amide bonds. The second-order valence-corrected chi connectivity index (χ2v) is 3.47. The van der Waals surface area contributed by atoms with Gasteiger partial charge in [0.25, 0.3) is 0 Å². The molecule has 5 nitrogen and oxygen atoms in total. The number of amides is 2. The van der Waals surface area contributed by atoms with Gasteiger partial charge >= 0.3 is 6.03 Å². The van der Waals surface area contributed by atoms with Crippen LogP contribution in [0.25, 0.3) is 0 Å². The summed E-state index contributed by atoms with van der Waals surface area (Å²) in [5.41, 5.74) is 5.47. The van der Waals surface area contributed by atoms with Gasteiger partial charge in [0.2, 0.25) is 0 Å². The Morgan fingerprint density at radius 3 is 2.67 bits per heavy atom. The monoisotopic (exact) mass is 230 g/mol. The summed E-state index contributed by atoms with van der Waals surface area (Å²) in [4.78, 5) is 10.6. The van der Waals surface area contributed by atoms with E-state index in [4.69, 9.17) is 17.3 Å². The van der Waals surface area contributed by atoms with Crippen LogP contribution in [0.1, 0.15) is 18.6 Å². The van der Waals surface area contributed by atoms with Crippen molar-refractivity contribution in [1.29, 1.82) is 0 Å². The molecule has 82 valence electrons. The number of nitrogens with two attached hydrogens (primary N) is 1. The Bertz CT molecular complexity index is 393. The zero-order valence-corrected chi connectivity index (χ0v) is 8.75. The zero-order valence-electron chi connectivity index (χ0n) is 7.99. The van der Waals surface area contributed by atoms with Gasteiger partial charge in [-0.05, 0) is 19.1 Å². The number of aliphatic hydroxyl groups excluding tert-OH is 1. The van der Waals surface area contributed by atoms with Crippen molar-refractivity contribution in [2.45, 2.75) is 13.0 Å². The van der Waals surface area contributed by atoms with E-state index >= 15 is 0 Å². The van der Waals surface area contributed by atoms with Crippen LogP contribution < -0.4 is 11.1 Å². The third-order valence-electron chi connectivity index (χ3n) is 1.81. The molecule has 0 saturated carbocycles. The number of urea groups is 1. The quantitative estimate of drug-likeness (QED) is 0.581. The van der Waals surface area contributed by atoms with Gasteiger partial charge < -0.3 is 21.3 Å². The fourth-order valence-electron chi connectivity index (χ4n) is 1.15. The summed E-state index contributed by atoms with van der Waals surface area (Å²) in [7, 11) is 0. The lowest BCUT2D eigenvalue weighted by Gasteiger charge is -2.11. The van der Waals surface area contributed by atoms with Crippen LogP contribution in [0.4, 0.5) is 10.5 Å². The molecule has 1 aromatic rings. The van der Waals surface area contributed by atoms with Crippen molar-refractivity contribution >= 4 is 23.3 Å². The van der Waals surface area contributed by atoms with Crippen molar-refractivity contribution in [2.24, 2.45) is 5.73 Å². The number of aliphatic hydroxyl groups is 1. The Hall–Kier alpha value is -1.46. The highest BCUT2D eigenvalue weighted by molar-refractivity contribution is 6.32. The first kappa shape index (κ1) is 11.6. The van der Waals surface area contributed by atoms with Crippen molar-refractivity contribution in [2.75, 3.05) is 5.32 Å². The van der Waals surface area contributed by atoms with Gasteiger partial charge in [0.15, 0.2) is 0 Å². The van der Waals surface area contributed by atoms with Crippen LogP contribution in [0.2, 0.25) is 5.02 Å². The Morgan fingerprint density at radius 1 is 1.60 bits per heavy atom. The standard InChI is InChI=1S/C9H11ClN2O3/c1-4(13)6-2-5(12-9(11)15)3-7(10)8(6)14/h2-4,13-14H,1H3,(H3,11,12,15). The number of hydrogen-bond acceptors (Lipinski definition) is 3. The molecule has 0 fully saturated rings. The van der Waals surface area contributed by atoms with Crippen molar-refractivity contribution in [3.8, 4) is 5.75 Å². The van der Waals surface area contributed by atoms with E-state index in [0.717, 1.165) is 0 Å². The van der Waals surface area contributed by atoms with Crippen LogP contribution in [-0.4, -0.2) is 16.2 Å². The smallest absolute Gasteiger partial charge is 0.316 e. The Labute approximate surface area is 91.5 Å². The van der Waals surface area contributed by atoms with E-state index in [0.29, 0.717) is 5.69 Å². The van der Waals surface area contributed by atoms with Crippen molar-refractivity contribution in [3.63, 3.8) is 0 Å². The molecule has 1 rings (SSSR count). The first-order chi connectivity index (χ1) is 6.91. The van der Waals surface area contributed by atoms with Gasteiger partial charge in [-0.3, -0.25) is 0 Å². The Balaban J connectivity index is 3.17. The number of halogens is 1. The van der Waals surface area contributed by atoms with E-state index in [1.54, 1.807) is 0 Å². The molecule has 6 heteroatoms. The number of anilines is 1. The normalized spacial score (nSPS) is 12.2. The molecule has 0 aliphatic carbocycles. The minimum Gasteiger partial charge on any atom is -0.506 e. The maximum Gasteiger partial charge on any atom is 0.316 e. The lowest BCUT2D eigenvalue weighted by atomic mass is 10.1. The topological polar surface area (TPSA) is 95.6 Å². The highest BCUT2D eigenvalue weighted by Gasteiger charge is 2.13. The van der Waals surface area contributed by atoms with Gasteiger partial charge in [0.1, 0.15) is 5.75 Å². The molecule has 1 unspecified atom stereocenters. The molecule has 15 heavy (non-hydrogen) atoms. The number of aromatic hydroxyl groups is 1. The predicted molar refractivity (Wildman–Crippen MR) is 57.0 cm³/mol. The highest BCUT2D eigenvalue weighted by atomic mass is 35.5. The molecule has 5 N–H and O–H groups in total. The largest absolute Gasteiger partial charge is 0.506 e. The second kappa shape index (κ2) is 4.37. The Kier molecular flexibility index (Phi) is 3.39. The second-order valence-electron chi connectivity index (χ2n) is 3.06. The average molecular weight is 231 g/mol.